The number of anilines is 1. The SMILES string of the molecule is CCOc1cc(NC=C(C#N)C#N)c([N+](=O)[O-])cc1Br. The smallest absolute Gasteiger partial charge is 0.294 e. The van der Waals surface area contributed by atoms with Crippen molar-refractivity contribution in [2.45, 2.75) is 6.92 Å². The lowest BCUT2D eigenvalue weighted by Crippen LogP contribution is -2.00. The van der Waals surface area contributed by atoms with Gasteiger partial charge in [-0.2, -0.15) is 10.5 Å². The minimum Gasteiger partial charge on any atom is -0.493 e. The summed E-state index contributed by atoms with van der Waals surface area (Å²) in [7, 11) is 0. The van der Waals surface area contributed by atoms with Crippen LogP contribution in [0.4, 0.5) is 11.4 Å². The fourth-order valence-corrected chi connectivity index (χ4v) is 1.76. The number of nitro groups is 1. The second kappa shape index (κ2) is 7.12. The number of benzene rings is 1. The molecule has 20 heavy (non-hydrogen) atoms. The van der Waals surface area contributed by atoms with E-state index in [0.29, 0.717) is 16.8 Å². The highest BCUT2D eigenvalue weighted by Crippen LogP contribution is 2.36. The van der Waals surface area contributed by atoms with E-state index in [2.05, 4.69) is 21.2 Å². The quantitative estimate of drug-likeness (QED) is 0.502. The molecule has 0 bridgehead atoms. The second-order valence-corrected chi connectivity index (χ2v) is 4.27. The highest BCUT2D eigenvalue weighted by Gasteiger charge is 2.17. The molecule has 1 aromatic carbocycles. The van der Waals surface area contributed by atoms with Gasteiger partial charge in [0.25, 0.3) is 5.69 Å². The Hall–Kier alpha value is -2.58. The van der Waals surface area contributed by atoms with E-state index in [-0.39, 0.29) is 16.9 Å². The maximum absolute atomic E-state index is 11.0. The summed E-state index contributed by atoms with van der Waals surface area (Å²) in [6.45, 7) is 2.18. The number of nitriles is 2. The van der Waals surface area contributed by atoms with E-state index in [1.54, 1.807) is 19.1 Å². The van der Waals surface area contributed by atoms with Crippen LogP contribution in [-0.2, 0) is 0 Å². The van der Waals surface area contributed by atoms with E-state index in [1.165, 1.54) is 12.1 Å². The molecule has 1 aromatic rings. The average Bonchev–Trinajstić information content (AvgIpc) is 2.42. The molecule has 7 nitrogen and oxygen atoms in total. The van der Waals surface area contributed by atoms with Gasteiger partial charge in [0, 0.05) is 18.3 Å². The fourth-order valence-electron chi connectivity index (χ4n) is 1.32. The van der Waals surface area contributed by atoms with Crippen LogP contribution in [0.25, 0.3) is 0 Å². The fraction of sp³-hybridized carbons (Fsp3) is 0.167. The highest BCUT2D eigenvalue weighted by molar-refractivity contribution is 9.10. The van der Waals surface area contributed by atoms with Crippen LogP contribution in [-0.4, -0.2) is 11.5 Å². The van der Waals surface area contributed by atoms with Crippen LogP contribution in [0.3, 0.4) is 0 Å². The van der Waals surface area contributed by atoms with E-state index < -0.39 is 4.92 Å². The maximum Gasteiger partial charge on any atom is 0.294 e. The summed E-state index contributed by atoms with van der Waals surface area (Å²) in [4.78, 5) is 10.4. The molecule has 0 aliphatic carbocycles. The molecule has 1 N–H and O–H groups in total. The van der Waals surface area contributed by atoms with Gasteiger partial charge in [-0.15, -0.1) is 0 Å². The van der Waals surface area contributed by atoms with Crippen molar-refractivity contribution in [3.05, 3.63) is 38.5 Å². The Bertz CT molecular complexity index is 627. The molecule has 0 aromatic heterocycles. The van der Waals surface area contributed by atoms with E-state index in [9.17, 15) is 10.1 Å². The summed E-state index contributed by atoms with van der Waals surface area (Å²) in [6, 6.07) is 6.01. The van der Waals surface area contributed by atoms with E-state index >= 15 is 0 Å². The van der Waals surface area contributed by atoms with Crippen molar-refractivity contribution in [3.8, 4) is 17.9 Å². The van der Waals surface area contributed by atoms with Gasteiger partial charge in [0.15, 0.2) is 0 Å². The lowest BCUT2D eigenvalue weighted by molar-refractivity contribution is -0.384. The number of allylic oxidation sites excluding steroid dienone is 1. The molecule has 0 atom stereocenters. The Kier molecular flexibility index (Phi) is 5.51. The topological polar surface area (TPSA) is 112 Å². The molecule has 0 radical (unpaired) electrons. The van der Waals surface area contributed by atoms with Crippen LogP contribution < -0.4 is 10.1 Å². The van der Waals surface area contributed by atoms with Gasteiger partial charge in [-0.1, -0.05) is 0 Å². The van der Waals surface area contributed by atoms with Gasteiger partial charge < -0.3 is 10.1 Å². The largest absolute Gasteiger partial charge is 0.493 e. The first-order valence-electron chi connectivity index (χ1n) is 5.41. The predicted octanol–water partition coefficient (Wildman–Crippen LogP) is 3.10. The molecule has 0 saturated heterocycles. The van der Waals surface area contributed by atoms with E-state index in [4.69, 9.17) is 15.3 Å². The number of nitrogens with zero attached hydrogens (tertiary/aromatic N) is 3. The molecular weight excluding hydrogens is 328 g/mol. The van der Waals surface area contributed by atoms with Crippen molar-refractivity contribution in [3.63, 3.8) is 0 Å². The number of halogens is 1. The third-order valence-electron chi connectivity index (χ3n) is 2.16. The predicted molar refractivity (Wildman–Crippen MR) is 74.9 cm³/mol. The number of hydrogen-bond donors (Lipinski definition) is 1. The van der Waals surface area contributed by atoms with Gasteiger partial charge in [-0.25, -0.2) is 0 Å². The summed E-state index contributed by atoms with van der Waals surface area (Å²) >= 11 is 3.18. The highest BCUT2D eigenvalue weighted by atomic mass is 79.9. The summed E-state index contributed by atoms with van der Waals surface area (Å²) in [6.07, 6.45) is 1.10. The normalized spacial score (nSPS) is 9.00. The van der Waals surface area contributed by atoms with Crippen LogP contribution in [0, 0.1) is 32.8 Å². The van der Waals surface area contributed by atoms with Gasteiger partial charge in [0.05, 0.1) is 16.0 Å². The number of hydrogen-bond acceptors (Lipinski definition) is 6. The third kappa shape index (κ3) is 3.70. The van der Waals surface area contributed by atoms with Crippen molar-refractivity contribution >= 4 is 27.3 Å². The first-order chi connectivity index (χ1) is 9.53. The molecule has 0 aliphatic heterocycles. The zero-order valence-electron chi connectivity index (χ0n) is 10.4. The zero-order valence-corrected chi connectivity index (χ0v) is 12.0. The Morgan fingerprint density at radius 2 is 2.20 bits per heavy atom. The molecule has 0 aliphatic rings. The number of nitro benzene ring substituents is 1. The molecular formula is C12H9BrN4O3. The minimum absolute atomic E-state index is 0.129. The van der Waals surface area contributed by atoms with Crippen molar-refractivity contribution in [2.75, 3.05) is 11.9 Å². The first kappa shape index (κ1) is 15.5. The van der Waals surface area contributed by atoms with Crippen LogP contribution >= 0.6 is 15.9 Å². The molecule has 0 unspecified atom stereocenters. The van der Waals surface area contributed by atoms with Gasteiger partial charge in [0.1, 0.15) is 29.1 Å². The summed E-state index contributed by atoms with van der Waals surface area (Å²) in [5.41, 5.74) is -0.267. The Labute approximate surface area is 123 Å². The van der Waals surface area contributed by atoms with Crippen LogP contribution in [0.5, 0.6) is 5.75 Å². The van der Waals surface area contributed by atoms with Gasteiger partial charge >= 0.3 is 0 Å². The lowest BCUT2D eigenvalue weighted by Gasteiger charge is -2.09. The first-order valence-corrected chi connectivity index (χ1v) is 6.20. The number of rotatable bonds is 5. The Balaban J connectivity index is 3.25. The van der Waals surface area contributed by atoms with E-state index in [1.807, 2.05) is 0 Å². The molecule has 8 heteroatoms. The van der Waals surface area contributed by atoms with Crippen molar-refractivity contribution in [1.82, 2.24) is 0 Å². The van der Waals surface area contributed by atoms with E-state index in [0.717, 1.165) is 6.20 Å². The molecule has 0 heterocycles. The summed E-state index contributed by atoms with van der Waals surface area (Å²) < 4.78 is 5.76. The van der Waals surface area contributed by atoms with Crippen molar-refractivity contribution < 1.29 is 9.66 Å². The molecule has 1 rings (SSSR count). The van der Waals surface area contributed by atoms with Crippen LogP contribution in [0.2, 0.25) is 0 Å². The third-order valence-corrected chi connectivity index (χ3v) is 2.78. The summed E-state index contributed by atoms with van der Waals surface area (Å²) in [5.74, 6) is 0.421. The molecule has 102 valence electrons. The molecule has 0 amide bonds. The van der Waals surface area contributed by atoms with Crippen molar-refractivity contribution in [2.24, 2.45) is 0 Å². The average molecular weight is 337 g/mol. The monoisotopic (exact) mass is 336 g/mol. The van der Waals surface area contributed by atoms with Gasteiger partial charge in [-0.3, -0.25) is 10.1 Å². The summed E-state index contributed by atoms with van der Waals surface area (Å²) in [5, 5.41) is 30.8. The Morgan fingerprint density at radius 1 is 1.55 bits per heavy atom. The molecule has 0 saturated carbocycles. The van der Waals surface area contributed by atoms with Gasteiger partial charge in [-0.05, 0) is 22.9 Å². The maximum atomic E-state index is 11.0. The molecule has 0 spiro atoms. The Morgan fingerprint density at radius 3 is 2.70 bits per heavy atom. The standard InChI is InChI=1S/C12H9BrN4O3/c1-2-20-12-4-10(16-7-8(5-14)6-15)11(17(18)19)3-9(12)13/h3-4,7,16H,2H2,1H3. The zero-order chi connectivity index (χ0) is 15.1. The van der Waals surface area contributed by atoms with Gasteiger partial charge in [0.2, 0.25) is 0 Å². The lowest BCUT2D eigenvalue weighted by atomic mass is 10.2. The minimum atomic E-state index is -0.574. The molecule has 0 fully saturated rings. The van der Waals surface area contributed by atoms with Crippen LogP contribution in [0.1, 0.15) is 6.92 Å². The second-order valence-electron chi connectivity index (χ2n) is 3.42. The van der Waals surface area contributed by atoms with Crippen LogP contribution in [0.15, 0.2) is 28.4 Å². The number of nitrogens with one attached hydrogen (secondary N) is 1. The van der Waals surface area contributed by atoms with Crippen molar-refractivity contribution in [1.29, 1.82) is 10.5 Å². The number of ether oxygens (including phenoxy) is 1.